The average Bonchev–Trinajstić information content (AvgIpc) is 3.26. The van der Waals surface area contributed by atoms with Gasteiger partial charge in [-0.1, -0.05) is 37.3 Å². The van der Waals surface area contributed by atoms with E-state index in [1.807, 2.05) is 37.3 Å². The number of ether oxygens (including phenoxy) is 1. The van der Waals surface area contributed by atoms with Crippen molar-refractivity contribution >= 4 is 15.9 Å². The van der Waals surface area contributed by atoms with Crippen molar-refractivity contribution in [3.63, 3.8) is 0 Å². The van der Waals surface area contributed by atoms with Crippen LogP contribution >= 0.6 is 0 Å². The van der Waals surface area contributed by atoms with Crippen molar-refractivity contribution in [3.8, 4) is 5.75 Å². The standard InChI is InChI=1S/C21H26N2O4S/c1-3-19(16-9-5-4-6-10-16)22-28(25,26)17-11-12-20(27-2)18(15-17)21(24)23-13-7-8-14-23/h4-6,9-12,15,19,22H,3,7-8,13-14H2,1-2H3/t19-/m0/s1. The zero-order chi connectivity index (χ0) is 20.1. The van der Waals surface area contributed by atoms with Crippen molar-refractivity contribution in [2.24, 2.45) is 0 Å². The number of nitrogens with one attached hydrogen (secondary N) is 1. The Morgan fingerprint density at radius 2 is 1.82 bits per heavy atom. The van der Waals surface area contributed by atoms with Gasteiger partial charge < -0.3 is 9.64 Å². The molecular weight excluding hydrogens is 376 g/mol. The molecule has 1 aliphatic heterocycles. The predicted octanol–water partition coefficient (Wildman–Crippen LogP) is 3.36. The van der Waals surface area contributed by atoms with Crippen LogP contribution in [0.2, 0.25) is 0 Å². The molecule has 1 aliphatic rings. The molecule has 1 amide bonds. The summed E-state index contributed by atoms with van der Waals surface area (Å²) in [4.78, 5) is 14.6. The molecule has 0 saturated carbocycles. The van der Waals surface area contributed by atoms with Crippen molar-refractivity contribution in [1.82, 2.24) is 9.62 Å². The molecule has 0 unspecified atom stereocenters. The number of likely N-dealkylation sites (tertiary alicyclic amines) is 1. The van der Waals surface area contributed by atoms with Gasteiger partial charge in [0.25, 0.3) is 5.91 Å². The first-order valence-corrected chi connectivity index (χ1v) is 11.0. The van der Waals surface area contributed by atoms with Crippen LogP contribution in [0.4, 0.5) is 0 Å². The van der Waals surface area contributed by atoms with Crippen molar-refractivity contribution in [3.05, 3.63) is 59.7 Å². The Hall–Kier alpha value is -2.38. The summed E-state index contributed by atoms with van der Waals surface area (Å²) in [6.07, 6.45) is 2.53. The third-order valence-electron chi connectivity index (χ3n) is 5.01. The van der Waals surface area contributed by atoms with Gasteiger partial charge >= 0.3 is 0 Å². The minimum atomic E-state index is -3.80. The molecule has 150 valence electrons. The lowest BCUT2D eigenvalue weighted by atomic mass is 10.1. The molecule has 2 aromatic rings. The minimum absolute atomic E-state index is 0.0604. The highest BCUT2D eigenvalue weighted by atomic mass is 32.2. The summed E-state index contributed by atoms with van der Waals surface area (Å²) in [6, 6.07) is 13.5. The average molecular weight is 403 g/mol. The highest BCUT2D eigenvalue weighted by Gasteiger charge is 2.26. The van der Waals surface area contributed by atoms with E-state index >= 15 is 0 Å². The maximum absolute atomic E-state index is 13.0. The van der Waals surface area contributed by atoms with E-state index in [0.29, 0.717) is 25.3 Å². The van der Waals surface area contributed by atoms with Crippen LogP contribution in [-0.4, -0.2) is 39.4 Å². The van der Waals surface area contributed by atoms with Crippen LogP contribution in [0.25, 0.3) is 0 Å². The molecule has 0 bridgehead atoms. The minimum Gasteiger partial charge on any atom is -0.496 e. The second-order valence-corrected chi connectivity index (χ2v) is 8.57. The molecule has 1 atom stereocenters. The van der Waals surface area contributed by atoms with Crippen molar-refractivity contribution < 1.29 is 17.9 Å². The number of sulfonamides is 1. The number of rotatable bonds is 7. The van der Waals surface area contributed by atoms with Gasteiger partial charge in [0.05, 0.1) is 17.6 Å². The SMILES string of the molecule is CC[C@H](NS(=O)(=O)c1ccc(OC)c(C(=O)N2CCCC2)c1)c1ccccc1. The van der Waals surface area contributed by atoms with Crippen molar-refractivity contribution in [1.29, 1.82) is 0 Å². The van der Waals surface area contributed by atoms with E-state index in [2.05, 4.69) is 4.72 Å². The van der Waals surface area contributed by atoms with E-state index < -0.39 is 10.0 Å². The number of methoxy groups -OCH3 is 1. The third kappa shape index (κ3) is 4.36. The third-order valence-corrected chi connectivity index (χ3v) is 6.48. The molecule has 0 aliphatic carbocycles. The highest BCUT2D eigenvalue weighted by Crippen LogP contribution is 2.27. The molecule has 1 N–H and O–H groups in total. The Labute approximate surface area is 166 Å². The van der Waals surface area contributed by atoms with E-state index in [9.17, 15) is 13.2 Å². The van der Waals surface area contributed by atoms with Gasteiger partial charge in [0.15, 0.2) is 0 Å². The van der Waals surface area contributed by atoms with Crippen LogP contribution in [0.1, 0.15) is 48.1 Å². The first-order valence-electron chi connectivity index (χ1n) is 9.51. The number of hydrogen-bond donors (Lipinski definition) is 1. The monoisotopic (exact) mass is 402 g/mol. The topological polar surface area (TPSA) is 75.7 Å². The van der Waals surface area contributed by atoms with Gasteiger partial charge in [-0.25, -0.2) is 13.1 Å². The van der Waals surface area contributed by atoms with Crippen LogP contribution in [-0.2, 0) is 10.0 Å². The van der Waals surface area contributed by atoms with E-state index in [-0.39, 0.29) is 22.4 Å². The molecule has 3 rings (SSSR count). The summed E-state index contributed by atoms with van der Waals surface area (Å²) in [5.74, 6) is 0.187. The highest BCUT2D eigenvalue weighted by molar-refractivity contribution is 7.89. The van der Waals surface area contributed by atoms with Gasteiger partial charge in [-0.2, -0.15) is 0 Å². The van der Waals surface area contributed by atoms with E-state index in [1.165, 1.54) is 19.2 Å². The first kappa shape index (κ1) is 20.4. The molecular formula is C21H26N2O4S. The Kier molecular flexibility index (Phi) is 6.36. The fourth-order valence-corrected chi connectivity index (χ4v) is 4.77. The van der Waals surface area contributed by atoms with E-state index in [1.54, 1.807) is 11.0 Å². The van der Waals surface area contributed by atoms with Gasteiger partial charge in [-0.05, 0) is 43.0 Å². The zero-order valence-electron chi connectivity index (χ0n) is 16.2. The van der Waals surface area contributed by atoms with E-state index in [0.717, 1.165) is 18.4 Å². The first-order chi connectivity index (χ1) is 13.5. The molecule has 1 heterocycles. The van der Waals surface area contributed by atoms with Crippen molar-refractivity contribution in [2.75, 3.05) is 20.2 Å². The lowest BCUT2D eigenvalue weighted by molar-refractivity contribution is 0.0789. The van der Waals surface area contributed by atoms with Crippen molar-refractivity contribution in [2.45, 2.75) is 37.1 Å². The zero-order valence-corrected chi connectivity index (χ0v) is 17.0. The van der Waals surface area contributed by atoms with Gasteiger partial charge in [-0.15, -0.1) is 0 Å². The number of carbonyl (C=O) groups is 1. The van der Waals surface area contributed by atoms with Gasteiger partial charge in [0, 0.05) is 19.1 Å². The fraction of sp³-hybridized carbons (Fsp3) is 0.381. The molecule has 1 fully saturated rings. The smallest absolute Gasteiger partial charge is 0.257 e. The Morgan fingerprint density at radius 3 is 2.43 bits per heavy atom. The Balaban J connectivity index is 1.91. The molecule has 6 nitrogen and oxygen atoms in total. The van der Waals surface area contributed by atoms with Gasteiger partial charge in [-0.3, -0.25) is 4.79 Å². The normalized spacial score (nSPS) is 15.4. The van der Waals surface area contributed by atoms with Crippen LogP contribution in [0.3, 0.4) is 0 Å². The molecule has 0 radical (unpaired) electrons. The van der Waals surface area contributed by atoms with Crippen LogP contribution in [0, 0.1) is 0 Å². The molecule has 2 aromatic carbocycles. The second kappa shape index (κ2) is 8.75. The summed E-state index contributed by atoms with van der Waals surface area (Å²) < 4.78 is 34.0. The number of nitrogens with zero attached hydrogens (tertiary/aromatic N) is 1. The Morgan fingerprint density at radius 1 is 1.14 bits per heavy atom. The number of carbonyl (C=O) groups excluding carboxylic acids is 1. The number of amides is 1. The summed E-state index contributed by atoms with van der Waals surface area (Å²) in [5.41, 5.74) is 1.18. The molecule has 7 heteroatoms. The lowest BCUT2D eigenvalue weighted by Crippen LogP contribution is -2.30. The second-order valence-electron chi connectivity index (χ2n) is 6.85. The molecule has 1 saturated heterocycles. The van der Waals surface area contributed by atoms with Crippen LogP contribution in [0.15, 0.2) is 53.4 Å². The fourth-order valence-electron chi connectivity index (χ4n) is 3.44. The van der Waals surface area contributed by atoms with Crippen LogP contribution in [0.5, 0.6) is 5.75 Å². The summed E-state index contributed by atoms with van der Waals surface area (Å²) >= 11 is 0. The maximum Gasteiger partial charge on any atom is 0.257 e. The maximum atomic E-state index is 13.0. The molecule has 28 heavy (non-hydrogen) atoms. The quantitative estimate of drug-likeness (QED) is 0.771. The summed E-state index contributed by atoms with van der Waals surface area (Å²) in [5, 5.41) is 0. The van der Waals surface area contributed by atoms with Gasteiger partial charge in [0.2, 0.25) is 10.0 Å². The van der Waals surface area contributed by atoms with E-state index in [4.69, 9.17) is 4.74 Å². The number of benzene rings is 2. The predicted molar refractivity (Wildman–Crippen MR) is 108 cm³/mol. The Bertz CT molecular complexity index is 923. The largest absolute Gasteiger partial charge is 0.496 e. The van der Waals surface area contributed by atoms with Gasteiger partial charge in [0.1, 0.15) is 5.75 Å². The van der Waals surface area contributed by atoms with Crippen LogP contribution < -0.4 is 9.46 Å². The molecule has 0 spiro atoms. The number of hydrogen-bond acceptors (Lipinski definition) is 4. The molecule has 0 aromatic heterocycles. The summed E-state index contributed by atoms with van der Waals surface area (Å²) in [7, 11) is -2.32. The lowest BCUT2D eigenvalue weighted by Gasteiger charge is -2.20. The summed E-state index contributed by atoms with van der Waals surface area (Å²) in [6.45, 7) is 3.29.